The molecule has 0 spiro atoms. The number of carbonyl (C=O) groups excluding carboxylic acids is 1. The zero-order chi connectivity index (χ0) is 19.2. The highest BCUT2D eigenvalue weighted by Crippen LogP contribution is 2.28. The Balaban J connectivity index is 1.66. The second-order valence-corrected chi connectivity index (χ2v) is 6.46. The molecule has 0 fully saturated rings. The fourth-order valence-corrected chi connectivity index (χ4v) is 3.12. The molecule has 27 heavy (non-hydrogen) atoms. The van der Waals surface area contributed by atoms with Crippen LogP contribution in [0.1, 0.15) is 5.56 Å². The van der Waals surface area contributed by atoms with Crippen LogP contribution in [0.25, 0.3) is 17.3 Å². The van der Waals surface area contributed by atoms with Gasteiger partial charge in [0.1, 0.15) is 0 Å². The Morgan fingerprint density at radius 2 is 1.85 bits per heavy atom. The highest BCUT2D eigenvalue weighted by Gasteiger charge is 2.07. The molecular weight excluding hydrogens is 362 g/mol. The third-order valence-corrected chi connectivity index (χ3v) is 4.53. The number of hydrogen-bond acceptors (Lipinski definition) is 6. The Morgan fingerprint density at radius 1 is 1.11 bits per heavy atom. The Hall–Kier alpha value is -3.32. The zero-order valence-corrected chi connectivity index (χ0v) is 15.7. The van der Waals surface area contributed by atoms with E-state index in [-0.39, 0.29) is 5.91 Å². The number of carbonyl (C=O) groups is 1. The van der Waals surface area contributed by atoms with Crippen LogP contribution in [0.4, 0.5) is 10.8 Å². The van der Waals surface area contributed by atoms with Crippen molar-refractivity contribution in [1.29, 1.82) is 0 Å². The van der Waals surface area contributed by atoms with E-state index in [1.54, 1.807) is 32.4 Å². The summed E-state index contributed by atoms with van der Waals surface area (Å²) in [6.07, 6.45) is 3.15. The maximum atomic E-state index is 12.2. The molecule has 0 saturated carbocycles. The van der Waals surface area contributed by atoms with Gasteiger partial charge in [-0.25, -0.2) is 4.98 Å². The van der Waals surface area contributed by atoms with Crippen LogP contribution in [0.5, 0.6) is 11.5 Å². The number of aromatic nitrogens is 1. The molecule has 7 heteroatoms. The van der Waals surface area contributed by atoms with Crippen molar-refractivity contribution in [2.45, 2.75) is 0 Å². The molecule has 138 valence electrons. The Morgan fingerprint density at radius 3 is 2.56 bits per heavy atom. The predicted octanol–water partition coefficient (Wildman–Crippen LogP) is 4.06. The first-order valence-corrected chi connectivity index (χ1v) is 8.99. The number of benzene rings is 2. The summed E-state index contributed by atoms with van der Waals surface area (Å²) >= 11 is 1.36. The highest BCUT2D eigenvalue weighted by molar-refractivity contribution is 7.14. The van der Waals surface area contributed by atoms with Gasteiger partial charge >= 0.3 is 0 Å². The minimum absolute atomic E-state index is 0.261. The van der Waals surface area contributed by atoms with Crippen molar-refractivity contribution in [2.24, 2.45) is 0 Å². The lowest BCUT2D eigenvalue weighted by molar-refractivity contribution is -0.111. The number of ether oxygens (including phenoxy) is 2. The van der Waals surface area contributed by atoms with E-state index in [2.05, 4.69) is 10.3 Å². The van der Waals surface area contributed by atoms with Crippen LogP contribution in [0, 0.1) is 0 Å². The second-order valence-electron chi connectivity index (χ2n) is 5.60. The van der Waals surface area contributed by atoms with E-state index in [0.29, 0.717) is 22.3 Å². The Kier molecular flexibility index (Phi) is 5.73. The quantitative estimate of drug-likeness (QED) is 0.497. The molecule has 3 rings (SSSR count). The van der Waals surface area contributed by atoms with Crippen molar-refractivity contribution in [3.05, 3.63) is 59.5 Å². The number of anilines is 2. The van der Waals surface area contributed by atoms with E-state index in [4.69, 9.17) is 15.2 Å². The van der Waals surface area contributed by atoms with Gasteiger partial charge in [0.25, 0.3) is 0 Å². The first-order chi connectivity index (χ1) is 13.1. The van der Waals surface area contributed by atoms with Crippen molar-refractivity contribution in [1.82, 2.24) is 4.98 Å². The predicted molar refractivity (Wildman–Crippen MR) is 109 cm³/mol. The van der Waals surface area contributed by atoms with Gasteiger partial charge in [0, 0.05) is 22.7 Å². The van der Waals surface area contributed by atoms with Crippen LogP contribution in [0.15, 0.2) is 53.9 Å². The summed E-state index contributed by atoms with van der Waals surface area (Å²) in [7, 11) is 3.15. The molecule has 0 aliphatic carbocycles. The molecule has 0 aliphatic heterocycles. The van der Waals surface area contributed by atoms with Crippen LogP contribution >= 0.6 is 11.3 Å². The Bertz CT molecular complexity index is 965. The fraction of sp³-hybridized carbons (Fsp3) is 0.100. The number of rotatable bonds is 6. The summed E-state index contributed by atoms with van der Waals surface area (Å²) in [5, 5.41) is 5.19. The van der Waals surface area contributed by atoms with Crippen LogP contribution in [0.3, 0.4) is 0 Å². The zero-order valence-electron chi connectivity index (χ0n) is 14.9. The van der Waals surface area contributed by atoms with Gasteiger partial charge in [-0.3, -0.25) is 10.1 Å². The van der Waals surface area contributed by atoms with Gasteiger partial charge in [-0.2, -0.15) is 0 Å². The van der Waals surface area contributed by atoms with Gasteiger partial charge in [0.05, 0.1) is 19.9 Å². The summed E-state index contributed by atoms with van der Waals surface area (Å²) in [6.45, 7) is 0. The molecule has 0 aliphatic rings. The van der Waals surface area contributed by atoms with E-state index in [1.165, 1.54) is 17.4 Å². The first kappa shape index (κ1) is 18.5. The lowest BCUT2D eigenvalue weighted by atomic mass is 10.1. The van der Waals surface area contributed by atoms with Crippen molar-refractivity contribution < 1.29 is 14.3 Å². The van der Waals surface area contributed by atoms with Crippen molar-refractivity contribution in [3.8, 4) is 22.8 Å². The molecule has 0 bridgehead atoms. The lowest BCUT2D eigenvalue weighted by Gasteiger charge is -2.07. The third-order valence-electron chi connectivity index (χ3n) is 3.78. The lowest BCUT2D eigenvalue weighted by Crippen LogP contribution is -2.07. The number of amides is 1. The topological polar surface area (TPSA) is 86.5 Å². The molecule has 1 amide bonds. The van der Waals surface area contributed by atoms with E-state index in [9.17, 15) is 4.79 Å². The largest absolute Gasteiger partial charge is 0.493 e. The van der Waals surface area contributed by atoms with E-state index in [0.717, 1.165) is 16.8 Å². The monoisotopic (exact) mass is 381 g/mol. The fourth-order valence-electron chi connectivity index (χ4n) is 2.39. The number of nitrogen functional groups attached to an aromatic ring is 1. The van der Waals surface area contributed by atoms with Gasteiger partial charge in [-0.05, 0) is 35.9 Å². The SMILES string of the molecule is COc1ccc(/C=C/C(=O)Nc2nc(-c3ccc(N)cc3)cs2)cc1OC. The van der Waals surface area contributed by atoms with Gasteiger partial charge in [-0.15, -0.1) is 11.3 Å². The third kappa shape index (κ3) is 4.65. The molecule has 3 aromatic rings. The average Bonchev–Trinajstić information content (AvgIpc) is 3.15. The van der Waals surface area contributed by atoms with Gasteiger partial charge in [-0.1, -0.05) is 18.2 Å². The summed E-state index contributed by atoms with van der Waals surface area (Å²) in [5.74, 6) is 0.980. The molecule has 3 N–H and O–H groups in total. The summed E-state index contributed by atoms with van der Waals surface area (Å²) in [6, 6.07) is 12.9. The molecule has 0 saturated heterocycles. The molecule has 0 atom stereocenters. The smallest absolute Gasteiger partial charge is 0.250 e. The molecule has 1 heterocycles. The van der Waals surface area contributed by atoms with E-state index >= 15 is 0 Å². The number of nitrogens with two attached hydrogens (primary N) is 1. The van der Waals surface area contributed by atoms with Gasteiger partial charge in [0.15, 0.2) is 16.6 Å². The molecule has 0 unspecified atom stereocenters. The van der Waals surface area contributed by atoms with Crippen LogP contribution in [0.2, 0.25) is 0 Å². The van der Waals surface area contributed by atoms with Crippen LogP contribution in [-0.2, 0) is 4.79 Å². The molecular formula is C20H19N3O3S. The maximum absolute atomic E-state index is 12.2. The average molecular weight is 381 g/mol. The number of nitrogens with one attached hydrogen (secondary N) is 1. The number of nitrogens with zero attached hydrogens (tertiary/aromatic N) is 1. The minimum atomic E-state index is -0.261. The van der Waals surface area contributed by atoms with Crippen LogP contribution in [-0.4, -0.2) is 25.1 Å². The number of thiazole rings is 1. The normalized spacial score (nSPS) is 10.7. The van der Waals surface area contributed by atoms with Crippen molar-refractivity contribution >= 4 is 34.1 Å². The van der Waals surface area contributed by atoms with Gasteiger partial charge in [0.2, 0.25) is 5.91 Å². The van der Waals surface area contributed by atoms with Crippen molar-refractivity contribution in [3.63, 3.8) is 0 Å². The van der Waals surface area contributed by atoms with Gasteiger partial charge < -0.3 is 15.2 Å². The second kappa shape index (κ2) is 8.37. The number of methoxy groups -OCH3 is 2. The molecule has 6 nitrogen and oxygen atoms in total. The highest BCUT2D eigenvalue weighted by atomic mass is 32.1. The first-order valence-electron chi connectivity index (χ1n) is 8.11. The van der Waals surface area contributed by atoms with E-state index in [1.807, 2.05) is 35.7 Å². The molecule has 0 radical (unpaired) electrons. The summed E-state index contributed by atoms with van der Waals surface area (Å²) in [5.41, 5.74) is 8.95. The molecule has 1 aromatic heterocycles. The van der Waals surface area contributed by atoms with Crippen LogP contribution < -0.4 is 20.5 Å². The summed E-state index contributed by atoms with van der Waals surface area (Å²) < 4.78 is 10.5. The molecule has 2 aromatic carbocycles. The van der Waals surface area contributed by atoms with Crippen molar-refractivity contribution in [2.75, 3.05) is 25.3 Å². The minimum Gasteiger partial charge on any atom is -0.493 e. The Labute approximate surface area is 161 Å². The summed E-state index contributed by atoms with van der Waals surface area (Å²) in [4.78, 5) is 16.6. The number of hydrogen-bond donors (Lipinski definition) is 2. The standard InChI is InChI=1S/C20H19N3O3S/c1-25-17-9-3-13(11-18(17)26-2)4-10-19(24)23-20-22-16(12-27-20)14-5-7-15(21)8-6-14/h3-12H,21H2,1-2H3,(H,22,23,24)/b10-4+. The maximum Gasteiger partial charge on any atom is 0.250 e. The van der Waals surface area contributed by atoms with E-state index < -0.39 is 0 Å².